The molecule has 1 aliphatic rings. The van der Waals surface area contributed by atoms with Crippen LogP contribution in [0.4, 0.5) is 0 Å². The maximum Gasteiger partial charge on any atom is 0.330 e. The van der Waals surface area contributed by atoms with Crippen molar-refractivity contribution in [2.75, 3.05) is 6.61 Å². The zero-order valence-electron chi connectivity index (χ0n) is 18.6. The van der Waals surface area contributed by atoms with E-state index in [0.29, 0.717) is 0 Å². The van der Waals surface area contributed by atoms with Gasteiger partial charge >= 0.3 is 5.97 Å². The van der Waals surface area contributed by atoms with Crippen molar-refractivity contribution in [3.63, 3.8) is 0 Å². The van der Waals surface area contributed by atoms with Crippen LogP contribution in [-0.4, -0.2) is 12.6 Å². The molecule has 0 aromatic rings. The Hall–Kier alpha value is -1.83. The van der Waals surface area contributed by atoms with E-state index in [1.807, 2.05) is 13.0 Å². The van der Waals surface area contributed by atoms with Crippen molar-refractivity contribution < 1.29 is 13.6 Å². The maximum absolute atomic E-state index is 11.6. The lowest BCUT2D eigenvalue weighted by molar-refractivity contribution is -0.137. The summed E-state index contributed by atoms with van der Waals surface area (Å²) in [5, 5.41) is 0. The summed E-state index contributed by atoms with van der Waals surface area (Å²) in [5.41, 5.74) is 3.98. The Bertz CT molecular complexity index is 687. The minimum Gasteiger partial charge on any atom is -0.463 e. The maximum atomic E-state index is 11.6. The van der Waals surface area contributed by atoms with Gasteiger partial charge in [0.05, 0.1) is 6.61 Å². The number of allylic oxidation sites excluding steroid dienone is 9. The molecule has 1 rings (SSSR count). The number of esters is 1. The molecule has 0 spiro atoms. The van der Waals surface area contributed by atoms with E-state index in [2.05, 4.69) is 32.9 Å². The van der Waals surface area contributed by atoms with E-state index in [1.165, 1.54) is 30.1 Å². The highest BCUT2D eigenvalue weighted by Crippen LogP contribution is 2.40. The number of ether oxygens (including phenoxy) is 1. The Morgan fingerprint density at radius 1 is 1.33 bits per heavy atom. The molecular weight excluding hydrogens is 296 g/mol. The first kappa shape index (κ1) is 15.7. The summed E-state index contributed by atoms with van der Waals surface area (Å²) < 4.78 is 27.4. The molecule has 0 unspecified atom stereocenters. The van der Waals surface area contributed by atoms with Crippen LogP contribution in [-0.2, 0) is 9.53 Å². The van der Waals surface area contributed by atoms with Gasteiger partial charge in [0, 0.05) is 10.2 Å². The normalized spacial score (nSPS) is 21.8. The first-order valence-corrected chi connectivity index (χ1v) is 8.59. The second-order valence-corrected chi connectivity index (χ2v) is 6.89. The van der Waals surface area contributed by atoms with Crippen LogP contribution in [0.1, 0.15) is 64.8 Å². The van der Waals surface area contributed by atoms with Crippen LogP contribution in [0, 0.1) is 5.41 Å². The quantitative estimate of drug-likeness (QED) is 0.335. The van der Waals surface area contributed by atoms with E-state index in [4.69, 9.17) is 8.85 Å². The van der Waals surface area contributed by atoms with E-state index >= 15 is 0 Å². The van der Waals surface area contributed by atoms with Gasteiger partial charge in [-0.15, -0.1) is 0 Å². The topological polar surface area (TPSA) is 26.3 Å². The van der Waals surface area contributed by atoms with E-state index in [-0.39, 0.29) is 17.6 Å². The van der Waals surface area contributed by atoms with Gasteiger partial charge in [0.1, 0.15) is 0 Å². The molecule has 0 aliphatic heterocycles. The molecule has 1 aliphatic carbocycles. The van der Waals surface area contributed by atoms with Crippen LogP contribution in [0.2, 0.25) is 0 Å². The molecule has 0 aromatic heterocycles. The van der Waals surface area contributed by atoms with Crippen LogP contribution in [0.3, 0.4) is 0 Å². The Morgan fingerprint density at radius 3 is 2.71 bits per heavy atom. The lowest BCUT2D eigenvalue weighted by atomic mass is 9.72. The van der Waals surface area contributed by atoms with Gasteiger partial charge in [0.15, 0.2) is 0 Å². The Balaban J connectivity index is 2.94. The van der Waals surface area contributed by atoms with Crippen molar-refractivity contribution in [2.45, 2.75) is 60.7 Å². The van der Waals surface area contributed by atoms with Crippen molar-refractivity contribution in [1.29, 1.82) is 0 Å². The number of carbonyl (C=O) groups is 1. The van der Waals surface area contributed by atoms with Gasteiger partial charge in [0.25, 0.3) is 0 Å². The summed E-state index contributed by atoms with van der Waals surface area (Å²) in [6.45, 7) is 8.24. The highest BCUT2D eigenvalue weighted by Gasteiger charge is 2.26. The minimum absolute atomic E-state index is 0.0408. The summed E-state index contributed by atoms with van der Waals surface area (Å²) in [4.78, 5) is 11.6. The fraction of sp³-hybridized carbons (Fsp3) is 0.500. The van der Waals surface area contributed by atoms with Crippen molar-refractivity contribution >= 4 is 5.97 Å². The van der Waals surface area contributed by atoms with E-state index in [1.54, 1.807) is 13.0 Å². The first-order valence-electron chi connectivity index (χ1n) is 10.1. The third-order valence-electron chi connectivity index (χ3n) is 4.25. The molecule has 0 atom stereocenters. The smallest absolute Gasteiger partial charge is 0.330 e. The predicted molar refractivity (Wildman–Crippen MR) is 103 cm³/mol. The molecule has 0 saturated heterocycles. The van der Waals surface area contributed by atoms with Gasteiger partial charge in [-0.2, -0.15) is 0 Å². The predicted octanol–water partition coefficient (Wildman–Crippen LogP) is 6.08. The monoisotopic (exact) mass is 331 g/mol. The van der Waals surface area contributed by atoms with Crippen LogP contribution < -0.4 is 0 Å². The third-order valence-corrected chi connectivity index (χ3v) is 4.25. The fourth-order valence-corrected chi connectivity index (χ4v) is 2.94. The average Bonchev–Trinajstić information content (AvgIpc) is 2.52. The molecule has 24 heavy (non-hydrogen) atoms. The zero-order chi connectivity index (χ0) is 20.7. The molecule has 0 saturated carbocycles. The number of hydrogen-bond donors (Lipinski definition) is 0. The van der Waals surface area contributed by atoms with Crippen LogP contribution in [0.25, 0.3) is 0 Å². The zero-order valence-corrected chi connectivity index (χ0v) is 15.6. The van der Waals surface area contributed by atoms with Gasteiger partial charge in [-0.3, -0.25) is 0 Å². The van der Waals surface area contributed by atoms with Crippen LogP contribution in [0.15, 0.2) is 58.7 Å². The number of hydrogen-bond acceptors (Lipinski definition) is 2. The van der Waals surface area contributed by atoms with Gasteiger partial charge in [-0.25, -0.2) is 4.79 Å². The molecule has 0 fully saturated rings. The minimum atomic E-state index is -2.37. The van der Waals surface area contributed by atoms with Crippen molar-refractivity contribution in [3.8, 4) is 0 Å². The summed E-state index contributed by atoms with van der Waals surface area (Å²) in [5.74, 6) is -0.643. The van der Waals surface area contributed by atoms with E-state index in [0.717, 1.165) is 18.1 Å². The van der Waals surface area contributed by atoms with Crippen molar-refractivity contribution in [3.05, 3.63) is 58.7 Å². The molecule has 0 aromatic carbocycles. The highest BCUT2D eigenvalue weighted by molar-refractivity contribution is 5.83. The van der Waals surface area contributed by atoms with Gasteiger partial charge < -0.3 is 4.74 Å². The molecule has 2 heteroatoms. The number of carbonyl (C=O) groups excluding carboxylic acids is 1. The summed E-state index contributed by atoms with van der Waals surface area (Å²) >= 11 is 0. The van der Waals surface area contributed by atoms with Crippen LogP contribution >= 0.6 is 0 Å². The molecule has 132 valence electrons. The first-order chi connectivity index (χ1) is 12.5. The fourth-order valence-electron chi connectivity index (χ4n) is 2.94. The largest absolute Gasteiger partial charge is 0.463 e. The van der Waals surface area contributed by atoms with Crippen molar-refractivity contribution in [2.24, 2.45) is 5.41 Å². The highest BCUT2D eigenvalue weighted by atomic mass is 16.5. The van der Waals surface area contributed by atoms with Gasteiger partial charge in [-0.05, 0) is 63.4 Å². The van der Waals surface area contributed by atoms with E-state index in [9.17, 15) is 4.79 Å². The molecular formula is C22H32O2. The van der Waals surface area contributed by atoms with Crippen molar-refractivity contribution in [1.82, 2.24) is 0 Å². The lowest BCUT2D eigenvalue weighted by Crippen LogP contribution is -2.19. The molecule has 0 N–H and O–H groups in total. The summed E-state index contributed by atoms with van der Waals surface area (Å²) in [6.07, 6.45) is 13.8. The second kappa shape index (κ2) is 9.46. The Labute approximate surface area is 151 Å². The van der Waals surface area contributed by atoms with Crippen LogP contribution in [0.5, 0.6) is 0 Å². The summed E-state index contributed by atoms with van der Waals surface area (Å²) in [7, 11) is 0. The van der Waals surface area contributed by atoms with Gasteiger partial charge in [0.2, 0.25) is 0 Å². The summed E-state index contributed by atoms with van der Waals surface area (Å²) in [6, 6.07) is 0. The molecule has 0 bridgehead atoms. The lowest BCUT2D eigenvalue weighted by Gasteiger charge is -2.32. The Kier molecular flexibility index (Phi) is 6.18. The Morgan fingerprint density at radius 2 is 2.08 bits per heavy atom. The standard InChI is InChI=1S/C22H32O2/c1-7-24-21(23)16-18(3)11-8-10-17(2)13-14-20-19(4)12-9-15-22(20,5)6/h8,10-11,13-14,16H,7,9,12,15H2,1-6H3/b11-8+,14-13+,17-10+,18-16?/i3D3. The molecule has 2 nitrogen and oxygen atoms in total. The molecule has 0 radical (unpaired) electrons. The second-order valence-electron chi connectivity index (χ2n) is 6.89. The molecule has 0 amide bonds. The third kappa shape index (κ3) is 6.74. The average molecular weight is 332 g/mol. The molecule has 0 heterocycles. The number of rotatable bonds is 6. The SMILES string of the molecule is [2H]C([2H])([2H])C(=CC(=O)OCC)/C=C/C=C(C)/C=C/C1=C(C)CCCC1(C)C. The van der Waals surface area contributed by atoms with Gasteiger partial charge in [-0.1, -0.05) is 55.4 Å². The van der Waals surface area contributed by atoms with E-state index < -0.39 is 12.8 Å².